The molecule has 1 aliphatic heterocycles. The lowest BCUT2D eigenvalue weighted by Gasteiger charge is -2.09. The number of rotatable bonds is 1. The molecule has 1 aliphatic rings. The molecule has 216 valence electrons. The van der Waals surface area contributed by atoms with Gasteiger partial charge in [-0.2, -0.15) is 26.3 Å². The van der Waals surface area contributed by atoms with Crippen molar-refractivity contribution in [1.82, 2.24) is 19.9 Å². The zero-order valence-corrected chi connectivity index (χ0v) is 20.8. The highest BCUT2D eigenvalue weighted by atomic mass is 19.4. The predicted molar refractivity (Wildman–Crippen MR) is 131 cm³/mol. The largest absolute Gasteiger partial charge is 0.490 e. The molecule has 0 spiro atoms. The Hall–Kier alpha value is -5.02. The van der Waals surface area contributed by atoms with E-state index < -0.39 is 24.3 Å². The first-order chi connectivity index (χ1) is 19.0. The molecule has 3 aromatic heterocycles. The number of aryl methyl sites for hydroxylation is 2. The molecule has 4 N–H and O–H groups in total. The molecule has 0 fully saturated rings. The number of carbonyl (C=O) groups is 2. The summed E-state index contributed by atoms with van der Waals surface area (Å²) in [5.41, 5.74) is 6.96. The van der Waals surface area contributed by atoms with Crippen molar-refractivity contribution in [3.8, 4) is 33.9 Å². The minimum atomic E-state index is -5.08. The van der Waals surface area contributed by atoms with Crippen LogP contribution in [0.1, 0.15) is 11.3 Å². The summed E-state index contributed by atoms with van der Waals surface area (Å²) in [6.45, 7) is 4.01. The summed E-state index contributed by atoms with van der Waals surface area (Å²) in [5, 5.41) is 17.5. The van der Waals surface area contributed by atoms with Crippen LogP contribution >= 0.6 is 0 Å². The molecular weight excluding hydrogens is 567 g/mol. The highest BCUT2D eigenvalue weighted by Crippen LogP contribution is 2.43. The number of hydrogen-bond donors (Lipinski definition) is 4. The number of pyridine rings is 2. The van der Waals surface area contributed by atoms with Crippen LogP contribution in [0.15, 0.2) is 48.8 Å². The fourth-order valence-corrected chi connectivity index (χ4v) is 3.59. The summed E-state index contributed by atoms with van der Waals surface area (Å²) in [6.07, 6.45) is -6.66. The molecular formula is C25H18F7N5O4. The van der Waals surface area contributed by atoms with E-state index in [1.54, 1.807) is 18.5 Å². The standard InChI is InChI=1S/C21H16FN5.2C2HF3O2/c1-11-7-9-23-12(2)17(11)21-26-18-14-6-5-13(22)10-16(14)25-20-15(19(18)27-21)4-3-8-24-20;2*3-2(4,5)1(6)7/h3-10H,1-2H3,(H,24,25)(H,26,27);2*(H,6,7). The van der Waals surface area contributed by atoms with E-state index in [1.807, 2.05) is 32.0 Å². The maximum absolute atomic E-state index is 13.9. The number of fused-ring (bicyclic) bond motifs is 5. The Morgan fingerprint density at radius 1 is 0.854 bits per heavy atom. The first-order valence-electron chi connectivity index (χ1n) is 11.2. The van der Waals surface area contributed by atoms with Gasteiger partial charge < -0.3 is 20.5 Å². The van der Waals surface area contributed by atoms with Gasteiger partial charge in [-0.3, -0.25) is 4.98 Å². The second-order valence-electron chi connectivity index (χ2n) is 8.22. The molecule has 0 amide bonds. The van der Waals surface area contributed by atoms with Crippen molar-refractivity contribution < 1.29 is 50.5 Å². The van der Waals surface area contributed by atoms with Crippen LogP contribution in [-0.2, 0) is 9.59 Å². The quantitative estimate of drug-likeness (QED) is 0.169. The molecule has 41 heavy (non-hydrogen) atoms. The second-order valence-corrected chi connectivity index (χ2v) is 8.22. The molecule has 0 bridgehead atoms. The maximum Gasteiger partial charge on any atom is 0.490 e. The van der Waals surface area contributed by atoms with Gasteiger partial charge in [0.2, 0.25) is 0 Å². The smallest absolute Gasteiger partial charge is 0.475 e. The maximum atomic E-state index is 13.9. The van der Waals surface area contributed by atoms with Crippen molar-refractivity contribution in [2.24, 2.45) is 0 Å². The van der Waals surface area contributed by atoms with Gasteiger partial charge in [0.25, 0.3) is 0 Å². The molecule has 0 atom stereocenters. The number of anilines is 2. The van der Waals surface area contributed by atoms with E-state index in [-0.39, 0.29) is 5.82 Å². The molecule has 16 heteroatoms. The van der Waals surface area contributed by atoms with Gasteiger partial charge in [-0.15, -0.1) is 0 Å². The number of carboxylic acid groups (broad SMARTS) is 2. The summed E-state index contributed by atoms with van der Waals surface area (Å²) in [7, 11) is 0. The number of nitrogens with zero attached hydrogens (tertiary/aromatic N) is 3. The average Bonchev–Trinajstić information content (AvgIpc) is 3.23. The molecule has 1 aromatic carbocycles. The molecule has 0 unspecified atom stereocenters. The lowest BCUT2D eigenvalue weighted by atomic mass is 10.1. The van der Waals surface area contributed by atoms with Gasteiger partial charge in [0.05, 0.1) is 17.1 Å². The number of aromatic amines is 1. The highest BCUT2D eigenvalue weighted by Gasteiger charge is 2.38. The van der Waals surface area contributed by atoms with Crippen LogP contribution in [0.5, 0.6) is 0 Å². The van der Waals surface area contributed by atoms with Crippen molar-refractivity contribution in [1.29, 1.82) is 0 Å². The van der Waals surface area contributed by atoms with Crippen LogP contribution in [0.2, 0.25) is 0 Å². The third-order valence-electron chi connectivity index (χ3n) is 5.34. The van der Waals surface area contributed by atoms with Crippen LogP contribution in [0.25, 0.3) is 33.9 Å². The summed E-state index contributed by atoms with van der Waals surface area (Å²) in [5.74, 6) is -4.41. The van der Waals surface area contributed by atoms with Crippen LogP contribution < -0.4 is 5.32 Å². The van der Waals surface area contributed by atoms with Crippen LogP contribution in [0.4, 0.5) is 42.2 Å². The first kappa shape index (κ1) is 30.5. The zero-order valence-electron chi connectivity index (χ0n) is 20.8. The molecule has 0 radical (unpaired) electrons. The Morgan fingerprint density at radius 3 is 2.02 bits per heavy atom. The van der Waals surface area contributed by atoms with Gasteiger partial charge in [0.1, 0.15) is 17.5 Å². The van der Waals surface area contributed by atoms with Crippen LogP contribution in [0, 0.1) is 19.7 Å². The van der Waals surface area contributed by atoms with Crippen molar-refractivity contribution in [2.75, 3.05) is 5.32 Å². The molecule has 4 heterocycles. The lowest BCUT2D eigenvalue weighted by Crippen LogP contribution is -2.21. The molecule has 5 rings (SSSR count). The Bertz CT molecular complexity index is 1560. The Morgan fingerprint density at radius 2 is 1.46 bits per heavy atom. The fourth-order valence-electron chi connectivity index (χ4n) is 3.59. The minimum Gasteiger partial charge on any atom is -0.475 e. The second kappa shape index (κ2) is 11.6. The van der Waals surface area contributed by atoms with Gasteiger partial charge in [0, 0.05) is 34.8 Å². The normalized spacial score (nSPS) is 11.6. The Balaban J connectivity index is 0.000000276. The topological polar surface area (TPSA) is 141 Å². The van der Waals surface area contributed by atoms with Gasteiger partial charge >= 0.3 is 24.3 Å². The SMILES string of the molecule is Cc1ccnc(C)c1-c1nc2c([nH]1)-c1cccnc1Nc1cc(F)ccc1-2.O=C(O)C(F)(F)F.O=C(O)C(F)(F)F. The third-order valence-corrected chi connectivity index (χ3v) is 5.34. The molecule has 0 saturated heterocycles. The van der Waals surface area contributed by atoms with Gasteiger partial charge in [0.15, 0.2) is 0 Å². The van der Waals surface area contributed by atoms with E-state index in [9.17, 15) is 30.7 Å². The first-order valence-corrected chi connectivity index (χ1v) is 11.2. The van der Waals surface area contributed by atoms with E-state index >= 15 is 0 Å². The Labute approximate surface area is 225 Å². The number of nitrogens with one attached hydrogen (secondary N) is 2. The van der Waals surface area contributed by atoms with E-state index in [2.05, 4.69) is 20.3 Å². The van der Waals surface area contributed by atoms with Gasteiger partial charge in [-0.1, -0.05) is 0 Å². The summed E-state index contributed by atoms with van der Waals surface area (Å²) < 4.78 is 77.3. The predicted octanol–water partition coefficient (Wildman–Crippen LogP) is 6.28. The lowest BCUT2D eigenvalue weighted by molar-refractivity contribution is -0.193. The molecule has 0 aliphatic carbocycles. The number of H-pyrrole nitrogens is 1. The summed E-state index contributed by atoms with van der Waals surface area (Å²) in [6, 6.07) is 10.5. The number of alkyl halides is 6. The monoisotopic (exact) mass is 585 g/mol. The molecule has 0 saturated carbocycles. The summed E-state index contributed by atoms with van der Waals surface area (Å²) >= 11 is 0. The van der Waals surface area contributed by atoms with Crippen molar-refractivity contribution in [3.05, 3.63) is 65.9 Å². The average molecular weight is 585 g/mol. The minimum absolute atomic E-state index is 0.308. The number of aromatic nitrogens is 4. The van der Waals surface area contributed by atoms with E-state index in [0.29, 0.717) is 11.5 Å². The number of aliphatic carboxylic acids is 2. The van der Waals surface area contributed by atoms with Crippen molar-refractivity contribution in [2.45, 2.75) is 26.2 Å². The van der Waals surface area contributed by atoms with E-state index in [0.717, 1.165) is 45.2 Å². The number of hydrogen-bond acceptors (Lipinski definition) is 6. The Kier molecular flexibility index (Phi) is 8.64. The fraction of sp³-hybridized carbons (Fsp3) is 0.160. The van der Waals surface area contributed by atoms with Crippen molar-refractivity contribution >= 4 is 23.4 Å². The van der Waals surface area contributed by atoms with Crippen LogP contribution in [0.3, 0.4) is 0 Å². The van der Waals surface area contributed by atoms with Crippen LogP contribution in [-0.4, -0.2) is 54.4 Å². The van der Waals surface area contributed by atoms with E-state index in [1.165, 1.54) is 12.1 Å². The highest BCUT2D eigenvalue weighted by molar-refractivity contribution is 5.95. The van der Waals surface area contributed by atoms with Gasteiger partial charge in [-0.25, -0.2) is 23.9 Å². The summed E-state index contributed by atoms with van der Waals surface area (Å²) in [4.78, 5) is 35.0. The molecule has 9 nitrogen and oxygen atoms in total. The van der Waals surface area contributed by atoms with Gasteiger partial charge in [-0.05, 0) is 55.8 Å². The van der Waals surface area contributed by atoms with E-state index in [4.69, 9.17) is 24.8 Å². The zero-order chi connectivity index (χ0) is 30.7. The number of benzene rings is 1. The molecule has 4 aromatic rings. The number of imidazole rings is 1. The third kappa shape index (κ3) is 7.14. The number of carboxylic acids is 2. The number of halogens is 7. The van der Waals surface area contributed by atoms with Crippen molar-refractivity contribution in [3.63, 3.8) is 0 Å².